The summed E-state index contributed by atoms with van der Waals surface area (Å²) in [6.45, 7) is 0.413. The van der Waals surface area contributed by atoms with Crippen LogP contribution in [0.4, 0.5) is 0 Å². The highest BCUT2D eigenvalue weighted by Gasteiger charge is 2.11. The van der Waals surface area contributed by atoms with Crippen molar-refractivity contribution in [2.75, 3.05) is 27.4 Å². The van der Waals surface area contributed by atoms with Crippen LogP contribution in [0.1, 0.15) is 5.56 Å². The molecule has 4 heteroatoms. The molecule has 0 aliphatic rings. The van der Waals surface area contributed by atoms with Crippen LogP contribution in [0.25, 0.3) is 10.8 Å². The van der Waals surface area contributed by atoms with E-state index in [9.17, 15) is 0 Å². The first-order chi connectivity index (χ1) is 9.31. The minimum absolute atomic E-state index is 0.0346. The van der Waals surface area contributed by atoms with Gasteiger partial charge in [-0.25, -0.2) is 0 Å². The van der Waals surface area contributed by atoms with Gasteiger partial charge in [0.2, 0.25) is 0 Å². The van der Waals surface area contributed by atoms with Crippen molar-refractivity contribution in [2.45, 2.75) is 0 Å². The van der Waals surface area contributed by atoms with Gasteiger partial charge in [0.15, 0.2) is 0 Å². The van der Waals surface area contributed by atoms with Gasteiger partial charge in [-0.2, -0.15) is 0 Å². The van der Waals surface area contributed by atoms with Crippen molar-refractivity contribution in [3.8, 4) is 11.5 Å². The molecule has 0 spiro atoms. The molecule has 2 aromatic rings. The minimum Gasteiger partial charge on any atom is -0.496 e. The van der Waals surface area contributed by atoms with Crippen molar-refractivity contribution in [3.05, 3.63) is 35.9 Å². The van der Waals surface area contributed by atoms with E-state index in [1.807, 2.05) is 30.3 Å². The van der Waals surface area contributed by atoms with Crippen LogP contribution in [0.15, 0.2) is 35.3 Å². The Morgan fingerprint density at radius 3 is 2.42 bits per heavy atom. The standard InChI is InChI=1S/C15H17NO3/c1-18-14-9-15(19-2)13(10-16-7-8-17)11-5-3-4-6-12(11)14/h3-6,9-10,17H,7-8H2,1-2H3. The molecule has 0 unspecified atom stereocenters. The van der Waals surface area contributed by atoms with E-state index in [1.54, 1.807) is 20.4 Å². The maximum atomic E-state index is 8.80. The van der Waals surface area contributed by atoms with Crippen molar-refractivity contribution in [3.63, 3.8) is 0 Å². The van der Waals surface area contributed by atoms with E-state index in [0.717, 1.165) is 22.1 Å². The van der Waals surface area contributed by atoms with Gasteiger partial charge in [-0.05, 0) is 5.39 Å². The van der Waals surface area contributed by atoms with Gasteiger partial charge in [0.25, 0.3) is 0 Å². The molecule has 0 saturated heterocycles. The van der Waals surface area contributed by atoms with E-state index in [-0.39, 0.29) is 6.61 Å². The normalized spacial score (nSPS) is 11.1. The van der Waals surface area contributed by atoms with Crippen molar-refractivity contribution in [1.29, 1.82) is 0 Å². The Morgan fingerprint density at radius 1 is 1.11 bits per heavy atom. The molecule has 0 aliphatic heterocycles. The Labute approximate surface area is 112 Å². The molecule has 1 N–H and O–H groups in total. The van der Waals surface area contributed by atoms with Gasteiger partial charge >= 0.3 is 0 Å². The van der Waals surface area contributed by atoms with E-state index in [4.69, 9.17) is 14.6 Å². The van der Waals surface area contributed by atoms with Crippen LogP contribution in [0.5, 0.6) is 11.5 Å². The molecule has 4 nitrogen and oxygen atoms in total. The summed E-state index contributed by atoms with van der Waals surface area (Å²) in [4.78, 5) is 4.18. The van der Waals surface area contributed by atoms with Crippen LogP contribution < -0.4 is 9.47 Å². The Balaban J connectivity index is 2.65. The molecule has 0 radical (unpaired) electrons. The number of benzene rings is 2. The van der Waals surface area contributed by atoms with Gasteiger partial charge in [0, 0.05) is 23.2 Å². The third-order valence-electron chi connectivity index (χ3n) is 2.90. The molecule has 0 aliphatic carbocycles. The fraction of sp³-hybridized carbons (Fsp3) is 0.267. The highest BCUT2D eigenvalue weighted by Crippen LogP contribution is 2.34. The second-order valence-corrected chi connectivity index (χ2v) is 4.00. The lowest BCUT2D eigenvalue weighted by Gasteiger charge is -2.12. The maximum Gasteiger partial charge on any atom is 0.131 e. The molecular weight excluding hydrogens is 242 g/mol. The Bertz CT molecular complexity index is 593. The van der Waals surface area contributed by atoms with Gasteiger partial charge in [-0.15, -0.1) is 0 Å². The molecule has 0 fully saturated rings. The summed E-state index contributed by atoms with van der Waals surface area (Å²) in [6, 6.07) is 9.77. The summed E-state index contributed by atoms with van der Waals surface area (Å²) in [7, 11) is 3.26. The smallest absolute Gasteiger partial charge is 0.131 e. The van der Waals surface area contributed by atoms with E-state index in [2.05, 4.69) is 4.99 Å². The Kier molecular flexibility index (Phi) is 4.36. The van der Waals surface area contributed by atoms with Crippen LogP contribution in [-0.4, -0.2) is 38.7 Å². The highest BCUT2D eigenvalue weighted by atomic mass is 16.5. The third-order valence-corrected chi connectivity index (χ3v) is 2.90. The second kappa shape index (κ2) is 6.20. The van der Waals surface area contributed by atoms with E-state index >= 15 is 0 Å². The number of hydrogen-bond acceptors (Lipinski definition) is 4. The average molecular weight is 259 g/mol. The topological polar surface area (TPSA) is 51.0 Å². The van der Waals surface area contributed by atoms with Crippen LogP contribution in [0.2, 0.25) is 0 Å². The van der Waals surface area contributed by atoms with Gasteiger partial charge in [0.05, 0.1) is 27.4 Å². The number of aliphatic imine (C=N–C) groups is 1. The van der Waals surface area contributed by atoms with E-state index < -0.39 is 0 Å². The zero-order valence-corrected chi connectivity index (χ0v) is 11.1. The SMILES string of the molecule is COc1cc(OC)c2ccccc2c1C=NCCO. The molecule has 19 heavy (non-hydrogen) atoms. The first-order valence-corrected chi connectivity index (χ1v) is 6.06. The minimum atomic E-state index is 0.0346. The van der Waals surface area contributed by atoms with E-state index in [0.29, 0.717) is 12.3 Å². The highest BCUT2D eigenvalue weighted by molar-refractivity contribution is 6.05. The molecule has 0 bridgehead atoms. The number of rotatable bonds is 5. The molecule has 0 aromatic heterocycles. The maximum absolute atomic E-state index is 8.80. The lowest BCUT2D eigenvalue weighted by Crippen LogP contribution is -1.97. The molecule has 0 atom stereocenters. The van der Waals surface area contributed by atoms with E-state index in [1.165, 1.54) is 0 Å². The van der Waals surface area contributed by atoms with Gasteiger partial charge in [0.1, 0.15) is 11.5 Å². The number of aliphatic hydroxyl groups excluding tert-OH is 1. The molecule has 0 amide bonds. The number of ether oxygens (including phenoxy) is 2. The lowest BCUT2D eigenvalue weighted by molar-refractivity contribution is 0.307. The molecular formula is C15H17NO3. The summed E-state index contributed by atoms with van der Waals surface area (Å²) >= 11 is 0. The second-order valence-electron chi connectivity index (χ2n) is 4.00. The summed E-state index contributed by atoms with van der Waals surface area (Å²) in [5.41, 5.74) is 0.896. The van der Waals surface area contributed by atoms with Gasteiger partial charge in [-0.1, -0.05) is 24.3 Å². The predicted molar refractivity (Wildman–Crippen MR) is 76.6 cm³/mol. The largest absolute Gasteiger partial charge is 0.496 e. The van der Waals surface area contributed by atoms with Crippen molar-refractivity contribution in [1.82, 2.24) is 0 Å². The van der Waals surface area contributed by atoms with Crippen molar-refractivity contribution >= 4 is 17.0 Å². The number of methoxy groups -OCH3 is 2. The number of hydrogen-bond donors (Lipinski definition) is 1. The van der Waals surface area contributed by atoms with Crippen LogP contribution >= 0.6 is 0 Å². The van der Waals surface area contributed by atoms with Crippen LogP contribution in [0.3, 0.4) is 0 Å². The molecule has 100 valence electrons. The number of nitrogens with zero attached hydrogens (tertiary/aromatic N) is 1. The number of aliphatic hydroxyl groups is 1. The monoisotopic (exact) mass is 259 g/mol. The summed E-state index contributed by atoms with van der Waals surface area (Å²) < 4.78 is 10.8. The Morgan fingerprint density at radius 2 is 1.79 bits per heavy atom. The first kappa shape index (κ1) is 13.4. The molecule has 2 rings (SSSR count). The van der Waals surface area contributed by atoms with Gasteiger partial charge in [-0.3, -0.25) is 4.99 Å². The quantitative estimate of drug-likeness (QED) is 0.838. The summed E-state index contributed by atoms with van der Waals surface area (Å²) in [5, 5.41) is 10.8. The zero-order chi connectivity index (χ0) is 13.7. The number of fused-ring (bicyclic) bond motifs is 1. The van der Waals surface area contributed by atoms with Gasteiger partial charge < -0.3 is 14.6 Å². The fourth-order valence-electron chi connectivity index (χ4n) is 2.02. The Hall–Kier alpha value is -2.07. The zero-order valence-electron chi connectivity index (χ0n) is 11.1. The molecule has 2 aromatic carbocycles. The first-order valence-electron chi connectivity index (χ1n) is 6.06. The third kappa shape index (κ3) is 2.69. The summed E-state index contributed by atoms with van der Waals surface area (Å²) in [5.74, 6) is 1.48. The lowest BCUT2D eigenvalue weighted by atomic mass is 10.0. The molecule has 0 heterocycles. The van der Waals surface area contributed by atoms with Crippen LogP contribution in [0, 0.1) is 0 Å². The average Bonchev–Trinajstić information content (AvgIpc) is 2.47. The predicted octanol–water partition coefficient (Wildman–Crippen LogP) is 2.27. The van der Waals surface area contributed by atoms with Crippen molar-refractivity contribution < 1.29 is 14.6 Å². The molecule has 0 saturated carbocycles. The van der Waals surface area contributed by atoms with Crippen LogP contribution in [-0.2, 0) is 0 Å². The fourth-order valence-corrected chi connectivity index (χ4v) is 2.02. The summed E-state index contributed by atoms with van der Waals surface area (Å²) in [6.07, 6.45) is 1.73. The van der Waals surface area contributed by atoms with Crippen molar-refractivity contribution in [2.24, 2.45) is 4.99 Å².